The molecular weight excluding hydrogens is 609 g/mol. The van der Waals surface area contributed by atoms with Crippen LogP contribution in [-0.4, -0.2) is 42.0 Å². The number of halogens is 7. The van der Waals surface area contributed by atoms with Crippen molar-refractivity contribution in [2.75, 3.05) is 16.8 Å². The van der Waals surface area contributed by atoms with Gasteiger partial charge in [-0.2, -0.15) is 24.9 Å². The summed E-state index contributed by atoms with van der Waals surface area (Å²) < 4.78 is 80.1. The number of benzene rings is 2. The quantitative estimate of drug-likeness (QED) is 0.239. The third kappa shape index (κ3) is 6.63. The Balaban J connectivity index is 2.34. The fourth-order valence-corrected chi connectivity index (χ4v) is 4.63. The zero-order valence-corrected chi connectivity index (χ0v) is 21.9. The van der Waals surface area contributed by atoms with Crippen molar-refractivity contribution in [3.05, 3.63) is 62.2 Å². The Morgan fingerprint density at radius 3 is 2.29 bits per heavy atom. The molecule has 0 fully saturated rings. The molecule has 0 spiro atoms. The van der Waals surface area contributed by atoms with Gasteiger partial charge >= 0.3 is 6.18 Å². The first-order chi connectivity index (χ1) is 16.2. The van der Waals surface area contributed by atoms with E-state index in [4.69, 9.17) is 0 Å². The number of hydrogen-bond donors (Lipinski definition) is 2. The summed E-state index contributed by atoms with van der Waals surface area (Å²) in [6.07, 6.45) is -10.2. The minimum absolute atomic E-state index is 0.0101. The zero-order valence-electron chi connectivity index (χ0n) is 18.9. The maximum atomic E-state index is 14.4. The van der Waals surface area contributed by atoms with Gasteiger partial charge in [-0.05, 0) is 66.0 Å². The molecule has 35 heavy (non-hydrogen) atoms. The molecule has 0 aliphatic rings. The number of carbonyl (C=O) groups is 2. The summed E-state index contributed by atoms with van der Waals surface area (Å²) in [6.45, 7) is 5.06. The Morgan fingerprint density at radius 1 is 1.09 bits per heavy atom. The van der Waals surface area contributed by atoms with E-state index in [0.717, 1.165) is 11.8 Å². The molecule has 0 aliphatic heterocycles. The molecule has 2 N–H and O–H groups in total. The SMILES string of the molecule is CCSC[C@H](C)NC(=O)c1c(I)cccc1C(=O)Nc1ccc(C(F)(C(F)F)C(F)(F)F)cc1C. The molecule has 0 saturated heterocycles. The number of amides is 2. The zero-order chi connectivity index (χ0) is 26.6. The Bertz CT molecular complexity index is 1080. The third-order valence-corrected chi connectivity index (χ3v) is 7.09. The van der Waals surface area contributed by atoms with Crippen LogP contribution < -0.4 is 10.6 Å². The van der Waals surface area contributed by atoms with Crippen LogP contribution in [0.25, 0.3) is 0 Å². The summed E-state index contributed by atoms with van der Waals surface area (Å²) >= 11 is 3.55. The van der Waals surface area contributed by atoms with Crippen LogP contribution in [0.15, 0.2) is 36.4 Å². The van der Waals surface area contributed by atoms with Crippen molar-refractivity contribution in [1.29, 1.82) is 0 Å². The normalized spacial score (nSPS) is 14.4. The number of carbonyl (C=O) groups excluding carboxylic acids is 2. The molecule has 0 radical (unpaired) electrons. The first-order valence-corrected chi connectivity index (χ1v) is 12.6. The summed E-state index contributed by atoms with van der Waals surface area (Å²) in [5, 5.41) is 5.29. The molecule has 0 aromatic heterocycles. The van der Waals surface area contributed by atoms with E-state index in [0.29, 0.717) is 21.5 Å². The van der Waals surface area contributed by atoms with Gasteiger partial charge in [-0.25, -0.2) is 13.2 Å². The van der Waals surface area contributed by atoms with Gasteiger partial charge in [-0.15, -0.1) is 0 Å². The molecule has 12 heteroatoms. The van der Waals surface area contributed by atoms with Crippen molar-refractivity contribution < 1.29 is 35.9 Å². The lowest BCUT2D eigenvalue weighted by molar-refractivity contribution is -0.274. The number of aryl methyl sites for hydroxylation is 1. The van der Waals surface area contributed by atoms with Crippen LogP contribution in [-0.2, 0) is 5.67 Å². The number of anilines is 1. The highest BCUT2D eigenvalue weighted by Crippen LogP contribution is 2.47. The van der Waals surface area contributed by atoms with Crippen LogP contribution in [0.3, 0.4) is 0 Å². The van der Waals surface area contributed by atoms with E-state index in [1.807, 2.05) is 36.4 Å². The van der Waals surface area contributed by atoms with Gasteiger partial charge in [-0.3, -0.25) is 9.59 Å². The fraction of sp³-hybridized carbons (Fsp3) is 0.391. The van der Waals surface area contributed by atoms with Gasteiger partial charge in [0.2, 0.25) is 0 Å². The summed E-state index contributed by atoms with van der Waals surface area (Å²) in [6, 6.07) is 6.53. The second-order valence-electron chi connectivity index (χ2n) is 7.69. The Hall–Kier alpha value is -1.96. The van der Waals surface area contributed by atoms with Gasteiger partial charge in [0.05, 0.1) is 11.1 Å². The predicted octanol–water partition coefficient (Wildman–Crippen LogP) is 6.72. The topological polar surface area (TPSA) is 58.2 Å². The largest absolute Gasteiger partial charge is 0.432 e. The number of alkyl halides is 6. The molecule has 0 aliphatic carbocycles. The van der Waals surface area contributed by atoms with Crippen LogP contribution in [0, 0.1) is 10.5 Å². The molecule has 2 aromatic carbocycles. The summed E-state index contributed by atoms with van der Waals surface area (Å²) in [7, 11) is 0. The molecule has 2 rings (SSSR count). The van der Waals surface area contributed by atoms with Gasteiger partial charge in [-0.1, -0.05) is 25.1 Å². The van der Waals surface area contributed by atoms with E-state index >= 15 is 0 Å². The predicted molar refractivity (Wildman–Crippen MR) is 133 cm³/mol. The van der Waals surface area contributed by atoms with Gasteiger partial charge < -0.3 is 10.6 Å². The standard InChI is InChI=1S/C23H23F6IN2O2S/c1-4-35-11-13(3)31-20(34)18-15(6-5-7-16(18)30)19(33)32-17-9-8-14(10-12(17)2)22(26,21(24)25)23(27,28)29/h5-10,13,21H,4,11H2,1-3H3,(H,31,34)(H,32,33)/t13-,22?/m0/s1. The van der Waals surface area contributed by atoms with Crippen LogP contribution in [0.2, 0.25) is 0 Å². The fourth-order valence-electron chi connectivity index (χ4n) is 3.21. The molecule has 4 nitrogen and oxygen atoms in total. The highest BCUT2D eigenvalue weighted by molar-refractivity contribution is 14.1. The van der Waals surface area contributed by atoms with E-state index in [-0.39, 0.29) is 28.4 Å². The number of rotatable bonds is 9. The Morgan fingerprint density at radius 2 is 1.74 bits per heavy atom. The highest BCUT2D eigenvalue weighted by atomic mass is 127. The summed E-state index contributed by atoms with van der Waals surface area (Å²) in [5.41, 5.74) is -6.08. The minimum atomic E-state index is -5.84. The van der Waals surface area contributed by atoms with E-state index in [2.05, 4.69) is 10.6 Å². The summed E-state index contributed by atoms with van der Waals surface area (Å²) in [5.74, 6) is 0.335. The molecule has 2 aromatic rings. The summed E-state index contributed by atoms with van der Waals surface area (Å²) in [4.78, 5) is 25.9. The second-order valence-corrected chi connectivity index (χ2v) is 10.2. The highest BCUT2D eigenvalue weighted by Gasteiger charge is 2.64. The lowest BCUT2D eigenvalue weighted by Crippen LogP contribution is -2.44. The smallest absolute Gasteiger partial charge is 0.349 e. The first-order valence-electron chi connectivity index (χ1n) is 10.4. The monoisotopic (exact) mass is 632 g/mol. The number of hydrogen-bond acceptors (Lipinski definition) is 3. The first kappa shape index (κ1) is 29.3. The Kier molecular flexibility index (Phi) is 9.91. The maximum absolute atomic E-state index is 14.4. The van der Waals surface area contributed by atoms with E-state index in [1.54, 1.807) is 23.9 Å². The third-order valence-electron chi connectivity index (χ3n) is 5.04. The van der Waals surface area contributed by atoms with Crippen LogP contribution >= 0.6 is 34.4 Å². The van der Waals surface area contributed by atoms with Crippen LogP contribution in [0.1, 0.15) is 45.7 Å². The second kappa shape index (κ2) is 11.8. The van der Waals surface area contributed by atoms with Crippen molar-refractivity contribution in [1.82, 2.24) is 5.32 Å². The van der Waals surface area contributed by atoms with Gasteiger partial charge in [0.25, 0.3) is 23.9 Å². The van der Waals surface area contributed by atoms with Crippen molar-refractivity contribution in [3.8, 4) is 0 Å². The number of thioether (sulfide) groups is 1. The molecule has 2 amide bonds. The van der Waals surface area contributed by atoms with E-state index < -0.39 is 35.6 Å². The lowest BCUT2D eigenvalue weighted by Gasteiger charge is -2.28. The van der Waals surface area contributed by atoms with Crippen LogP contribution in [0.4, 0.5) is 32.0 Å². The van der Waals surface area contributed by atoms with Crippen molar-refractivity contribution >= 4 is 51.9 Å². The van der Waals surface area contributed by atoms with Gasteiger partial charge in [0.1, 0.15) is 0 Å². The molecule has 0 heterocycles. The molecule has 192 valence electrons. The molecule has 0 bridgehead atoms. The van der Waals surface area contributed by atoms with Gasteiger partial charge in [0, 0.05) is 26.6 Å². The molecular formula is C23H23F6IN2O2S. The molecule has 0 saturated carbocycles. The Labute approximate surface area is 216 Å². The van der Waals surface area contributed by atoms with Gasteiger partial charge in [0.15, 0.2) is 0 Å². The van der Waals surface area contributed by atoms with Crippen molar-refractivity contribution in [2.24, 2.45) is 0 Å². The molecule has 2 atom stereocenters. The number of nitrogens with one attached hydrogen (secondary N) is 2. The maximum Gasteiger partial charge on any atom is 0.432 e. The van der Waals surface area contributed by atoms with E-state index in [1.165, 1.54) is 13.0 Å². The van der Waals surface area contributed by atoms with E-state index in [9.17, 15) is 35.9 Å². The van der Waals surface area contributed by atoms with Crippen LogP contribution in [0.5, 0.6) is 0 Å². The van der Waals surface area contributed by atoms with Crippen molar-refractivity contribution in [2.45, 2.75) is 45.1 Å². The molecule has 1 unspecified atom stereocenters. The minimum Gasteiger partial charge on any atom is -0.349 e. The van der Waals surface area contributed by atoms with Crippen molar-refractivity contribution in [3.63, 3.8) is 0 Å². The average Bonchev–Trinajstić information content (AvgIpc) is 2.77. The average molecular weight is 632 g/mol. The lowest BCUT2D eigenvalue weighted by atomic mass is 9.93.